The Kier molecular flexibility index (Phi) is 8.86. The molecule has 0 radical (unpaired) electrons. The van der Waals surface area contributed by atoms with E-state index in [0.29, 0.717) is 42.4 Å². The van der Waals surface area contributed by atoms with Gasteiger partial charge in [-0.3, -0.25) is 9.59 Å². The number of hydrogen-bond donors (Lipinski definition) is 2. The van der Waals surface area contributed by atoms with Crippen LogP contribution in [0.3, 0.4) is 0 Å². The van der Waals surface area contributed by atoms with Crippen molar-refractivity contribution in [3.05, 3.63) is 53.6 Å². The number of ether oxygens (including phenoxy) is 3. The lowest BCUT2D eigenvalue weighted by Gasteiger charge is -2.12. The molecule has 1 N–H and O–H groups in total. The molecule has 1 amide bonds. The maximum atomic E-state index is 12.6. The number of rotatable bonds is 11. The van der Waals surface area contributed by atoms with Crippen LogP contribution in [0.15, 0.2) is 42.5 Å². The van der Waals surface area contributed by atoms with E-state index in [1.807, 2.05) is 26.0 Å². The number of ketones is 1. The van der Waals surface area contributed by atoms with Crippen LogP contribution >= 0.6 is 12.6 Å². The molecule has 0 aliphatic heterocycles. The summed E-state index contributed by atoms with van der Waals surface area (Å²) < 4.78 is 16.6. The molecule has 6 nitrogen and oxygen atoms in total. The van der Waals surface area contributed by atoms with E-state index in [2.05, 4.69) is 17.9 Å². The molecular weight excluding hydrogens is 390 g/mol. The monoisotopic (exact) mass is 417 g/mol. The van der Waals surface area contributed by atoms with Gasteiger partial charge in [-0.05, 0) is 50.1 Å². The lowest BCUT2D eigenvalue weighted by Crippen LogP contribution is -2.29. The Labute approximate surface area is 177 Å². The van der Waals surface area contributed by atoms with E-state index in [9.17, 15) is 9.59 Å². The predicted octanol–water partition coefficient (Wildman–Crippen LogP) is 3.33. The summed E-state index contributed by atoms with van der Waals surface area (Å²) >= 11 is 4.29. The number of thiol groups is 1. The smallest absolute Gasteiger partial charge is 0.232 e. The molecule has 0 fully saturated rings. The Morgan fingerprint density at radius 1 is 0.931 bits per heavy atom. The summed E-state index contributed by atoms with van der Waals surface area (Å²) in [6, 6.07) is 12.4. The van der Waals surface area contributed by atoms with Gasteiger partial charge in [-0.15, -0.1) is 0 Å². The molecule has 0 aromatic heterocycles. The van der Waals surface area contributed by atoms with E-state index in [4.69, 9.17) is 14.2 Å². The summed E-state index contributed by atoms with van der Waals surface area (Å²) in [7, 11) is 1.58. The summed E-state index contributed by atoms with van der Waals surface area (Å²) in [6.07, 6.45) is 0.506. The van der Waals surface area contributed by atoms with Gasteiger partial charge in [-0.2, -0.15) is 12.6 Å². The number of hydrogen-bond acceptors (Lipinski definition) is 6. The molecule has 0 heterocycles. The Bertz CT molecular complexity index is 798. The SMILES string of the molecule is CCOc1cc(OCC)cc(C(=O)COc2ccc(CC(S)C(=O)NC)cc2)c1. The van der Waals surface area contributed by atoms with Crippen molar-refractivity contribution in [2.75, 3.05) is 26.9 Å². The van der Waals surface area contributed by atoms with Crippen LogP contribution < -0.4 is 19.5 Å². The largest absolute Gasteiger partial charge is 0.494 e. The van der Waals surface area contributed by atoms with E-state index >= 15 is 0 Å². The first-order valence-corrected chi connectivity index (χ1v) is 10.0. The molecule has 156 valence electrons. The Morgan fingerprint density at radius 3 is 2.03 bits per heavy atom. The van der Waals surface area contributed by atoms with Crippen LogP contribution in [0.5, 0.6) is 17.2 Å². The van der Waals surface area contributed by atoms with Crippen LogP contribution in [0, 0.1) is 0 Å². The number of benzene rings is 2. The highest BCUT2D eigenvalue weighted by atomic mass is 32.1. The zero-order valence-electron chi connectivity index (χ0n) is 16.9. The Morgan fingerprint density at radius 2 is 1.52 bits per heavy atom. The minimum atomic E-state index is -0.412. The summed E-state index contributed by atoms with van der Waals surface area (Å²) in [4.78, 5) is 24.1. The molecule has 0 aliphatic carbocycles. The maximum Gasteiger partial charge on any atom is 0.232 e. The van der Waals surface area contributed by atoms with Crippen molar-refractivity contribution in [3.8, 4) is 17.2 Å². The second-order valence-corrected chi connectivity index (χ2v) is 6.87. The zero-order chi connectivity index (χ0) is 21.2. The van der Waals surface area contributed by atoms with Crippen LogP contribution in [-0.4, -0.2) is 43.8 Å². The number of nitrogens with one attached hydrogen (secondary N) is 1. The second kappa shape index (κ2) is 11.4. The van der Waals surface area contributed by atoms with Gasteiger partial charge in [-0.1, -0.05) is 12.1 Å². The molecule has 1 atom stereocenters. The van der Waals surface area contributed by atoms with Crippen LogP contribution in [0.2, 0.25) is 0 Å². The minimum Gasteiger partial charge on any atom is -0.494 e. The van der Waals surface area contributed by atoms with E-state index in [1.165, 1.54) is 0 Å². The summed E-state index contributed by atoms with van der Waals surface area (Å²) in [5.41, 5.74) is 1.43. The highest BCUT2D eigenvalue weighted by Gasteiger charge is 2.14. The predicted molar refractivity (Wildman–Crippen MR) is 116 cm³/mol. The molecule has 2 aromatic carbocycles. The zero-order valence-corrected chi connectivity index (χ0v) is 17.8. The Balaban J connectivity index is 1.99. The average molecular weight is 418 g/mol. The topological polar surface area (TPSA) is 73.9 Å². The van der Waals surface area contributed by atoms with Gasteiger partial charge in [0.1, 0.15) is 17.2 Å². The molecule has 0 spiro atoms. The number of amides is 1. The van der Waals surface area contributed by atoms with Crippen molar-refractivity contribution in [1.82, 2.24) is 5.32 Å². The average Bonchev–Trinajstić information content (AvgIpc) is 2.72. The third-order valence-corrected chi connectivity index (χ3v) is 4.51. The van der Waals surface area contributed by atoms with Crippen LogP contribution in [0.1, 0.15) is 29.8 Å². The summed E-state index contributed by atoms with van der Waals surface area (Å²) in [5, 5.41) is 2.16. The highest BCUT2D eigenvalue weighted by molar-refractivity contribution is 7.81. The summed E-state index contributed by atoms with van der Waals surface area (Å²) in [6.45, 7) is 4.66. The fourth-order valence-electron chi connectivity index (χ4n) is 2.67. The van der Waals surface area contributed by atoms with Crippen molar-refractivity contribution in [2.24, 2.45) is 0 Å². The number of Topliss-reactive ketones (excluding diaryl/α,β-unsaturated/α-hetero) is 1. The molecule has 0 aliphatic rings. The van der Waals surface area contributed by atoms with Crippen LogP contribution in [0.25, 0.3) is 0 Å². The van der Waals surface area contributed by atoms with Crippen LogP contribution in [0.4, 0.5) is 0 Å². The van der Waals surface area contributed by atoms with Gasteiger partial charge in [0.25, 0.3) is 0 Å². The normalized spacial score (nSPS) is 11.4. The van der Waals surface area contributed by atoms with Gasteiger partial charge in [0.15, 0.2) is 12.4 Å². The first-order valence-electron chi connectivity index (χ1n) is 9.52. The molecular formula is C22H27NO5S. The van der Waals surface area contributed by atoms with Gasteiger partial charge < -0.3 is 19.5 Å². The van der Waals surface area contributed by atoms with Crippen molar-refractivity contribution in [1.29, 1.82) is 0 Å². The molecule has 0 saturated carbocycles. The van der Waals surface area contributed by atoms with Gasteiger partial charge in [-0.25, -0.2) is 0 Å². The fourth-order valence-corrected chi connectivity index (χ4v) is 3.01. The molecule has 2 rings (SSSR count). The minimum absolute atomic E-state index is 0.103. The molecule has 1 unspecified atom stereocenters. The molecule has 0 bridgehead atoms. The van der Waals surface area contributed by atoms with E-state index in [1.54, 1.807) is 37.4 Å². The first-order chi connectivity index (χ1) is 14.0. The van der Waals surface area contributed by atoms with Crippen LogP contribution in [-0.2, 0) is 11.2 Å². The van der Waals surface area contributed by atoms with Crippen molar-refractivity contribution < 1.29 is 23.8 Å². The molecule has 7 heteroatoms. The molecule has 2 aromatic rings. The van der Waals surface area contributed by atoms with Gasteiger partial charge >= 0.3 is 0 Å². The third-order valence-electron chi connectivity index (χ3n) is 4.10. The lowest BCUT2D eigenvalue weighted by atomic mass is 10.1. The van der Waals surface area contributed by atoms with E-state index < -0.39 is 5.25 Å². The number of carbonyl (C=O) groups is 2. The van der Waals surface area contributed by atoms with E-state index in [-0.39, 0.29) is 18.3 Å². The summed E-state index contributed by atoms with van der Waals surface area (Å²) in [5.74, 6) is 1.45. The highest BCUT2D eigenvalue weighted by Crippen LogP contribution is 2.24. The molecule has 0 saturated heterocycles. The van der Waals surface area contributed by atoms with Gasteiger partial charge in [0, 0.05) is 18.7 Å². The first kappa shape index (κ1) is 22.6. The van der Waals surface area contributed by atoms with Crippen molar-refractivity contribution >= 4 is 24.3 Å². The fraction of sp³-hybridized carbons (Fsp3) is 0.364. The van der Waals surface area contributed by atoms with Gasteiger partial charge in [0.2, 0.25) is 5.91 Å². The van der Waals surface area contributed by atoms with Crippen molar-refractivity contribution in [2.45, 2.75) is 25.5 Å². The lowest BCUT2D eigenvalue weighted by molar-refractivity contribution is -0.120. The Hall–Kier alpha value is -2.67. The molecule has 29 heavy (non-hydrogen) atoms. The maximum absolute atomic E-state index is 12.6. The van der Waals surface area contributed by atoms with E-state index in [0.717, 1.165) is 5.56 Å². The number of carbonyl (C=O) groups excluding carboxylic acids is 2. The second-order valence-electron chi connectivity index (χ2n) is 6.25. The van der Waals surface area contributed by atoms with Crippen molar-refractivity contribution in [3.63, 3.8) is 0 Å². The third kappa shape index (κ3) is 7.02. The standard InChI is InChI=1S/C22H27NO5S/c1-4-26-18-11-16(12-19(13-18)27-5-2)20(24)14-28-17-8-6-15(7-9-17)10-21(29)22(25)23-3/h6-9,11-13,21,29H,4-5,10,14H2,1-3H3,(H,23,25). The van der Waals surface area contributed by atoms with Gasteiger partial charge in [0.05, 0.1) is 18.5 Å². The quantitative estimate of drug-likeness (QED) is 0.433.